The molecule has 0 bridgehead atoms. The first-order valence-corrected chi connectivity index (χ1v) is 7.04. The number of likely N-dealkylation sites (N-methyl/N-ethyl adjacent to an activating group) is 1. The summed E-state index contributed by atoms with van der Waals surface area (Å²) in [6.07, 6.45) is 4.62. The van der Waals surface area contributed by atoms with Crippen LogP contribution in [0.5, 0.6) is 5.75 Å². The van der Waals surface area contributed by atoms with Gasteiger partial charge >= 0.3 is 0 Å². The fourth-order valence-electron chi connectivity index (χ4n) is 2.30. The van der Waals surface area contributed by atoms with Crippen LogP contribution in [0.25, 0.3) is 11.1 Å². The summed E-state index contributed by atoms with van der Waals surface area (Å²) in [5.41, 5.74) is 3.59. The first-order chi connectivity index (χ1) is 9.72. The van der Waals surface area contributed by atoms with Crippen LogP contribution in [-0.2, 0) is 6.42 Å². The van der Waals surface area contributed by atoms with Crippen molar-refractivity contribution in [1.82, 2.24) is 10.3 Å². The van der Waals surface area contributed by atoms with Crippen molar-refractivity contribution in [2.24, 2.45) is 0 Å². The van der Waals surface area contributed by atoms with Crippen molar-refractivity contribution in [2.45, 2.75) is 26.3 Å². The third-order valence-electron chi connectivity index (χ3n) is 3.33. The Morgan fingerprint density at radius 2 is 1.90 bits per heavy atom. The maximum atomic E-state index is 5.21. The Labute approximate surface area is 121 Å². The normalized spacial score (nSPS) is 12.2. The number of benzene rings is 1. The van der Waals surface area contributed by atoms with Gasteiger partial charge in [-0.05, 0) is 37.1 Å². The number of hydrogen-bond donors (Lipinski definition) is 1. The average molecular weight is 270 g/mol. The van der Waals surface area contributed by atoms with Gasteiger partial charge in [-0.1, -0.05) is 31.2 Å². The minimum Gasteiger partial charge on any atom is -0.495 e. The molecular formula is C17H22N2O. The fraction of sp³-hybridized carbons (Fsp3) is 0.353. The van der Waals surface area contributed by atoms with Crippen LogP contribution in [0.1, 0.15) is 19.4 Å². The van der Waals surface area contributed by atoms with E-state index in [1.165, 1.54) is 5.56 Å². The highest BCUT2D eigenvalue weighted by Gasteiger charge is 2.04. The maximum Gasteiger partial charge on any atom is 0.137 e. The fourth-order valence-corrected chi connectivity index (χ4v) is 2.30. The molecule has 0 spiro atoms. The summed E-state index contributed by atoms with van der Waals surface area (Å²) < 4.78 is 5.21. The van der Waals surface area contributed by atoms with Gasteiger partial charge in [-0.25, -0.2) is 0 Å². The lowest BCUT2D eigenvalue weighted by Gasteiger charge is -2.12. The molecule has 0 saturated heterocycles. The van der Waals surface area contributed by atoms with Crippen LogP contribution in [0.15, 0.2) is 42.7 Å². The number of ether oxygens (including phenoxy) is 1. The van der Waals surface area contributed by atoms with Gasteiger partial charge in [0.05, 0.1) is 13.3 Å². The molecule has 0 aliphatic heterocycles. The Balaban J connectivity index is 2.11. The van der Waals surface area contributed by atoms with Gasteiger partial charge in [-0.2, -0.15) is 0 Å². The molecule has 0 aliphatic carbocycles. The van der Waals surface area contributed by atoms with Crippen LogP contribution >= 0.6 is 0 Å². The summed E-state index contributed by atoms with van der Waals surface area (Å²) in [5, 5.41) is 3.43. The predicted molar refractivity (Wildman–Crippen MR) is 83.1 cm³/mol. The van der Waals surface area contributed by atoms with Crippen molar-refractivity contribution in [3.8, 4) is 16.9 Å². The molecule has 2 rings (SSSR count). The molecule has 1 unspecified atom stereocenters. The van der Waals surface area contributed by atoms with Gasteiger partial charge in [-0.3, -0.25) is 4.98 Å². The van der Waals surface area contributed by atoms with Gasteiger partial charge in [0.1, 0.15) is 5.75 Å². The molecule has 0 saturated carbocycles. The van der Waals surface area contributed by atoms with E-state index in [1.54, 1.807) is 13.3 Å². The van der Waals surface area contributed by atoms with E-state index in [2.05, 4.69) is 48.4 Å². The van der Waals surface area contributed by atoms with E-state index in [1.807, 2.05) is 12.3 Å². The summed E-state index contributed by atoms with van der Waals surface area (Å²) in [6, 6.07) is 11.2. The first-order valence-electron chi connectivity index (χ1n) is 7.04. The minimum absolute atomic E-state index is 0.504. The molecule has 1 atom stereocenters. The summed E-state index contributed by atoms with van der Waals surface area (Å²) in [4.78, 5) is 4.19. The van der Waals surface area contributed by atoms with E-state index in [0.717, 1.165) is 29.8 Å². The predicted octanol–water partition coefficient (Wildman–Crippen LogP) is 3.30. The van der Waals surface area contributed by atoms with E-state index < -0.39 is 0 Å². The summed E-state index contributed by atoms with van der Waals surface area (Å²) in [7, 11) is 1.66. The molecule has 0 radical (unpaired) electrons. The summed E-state index contributed by atoms with van der Waals surface area (Å²) >= 11 is 0. The third kappa shape index (κ3) is 3.81. The highest BCUT2D eigenvalue weighted by atomic mass is 16.5. The van der Waals surface area contributed by atoms with Crippen molar-refractivity contribution in [2.75, 3.05) is 13.7 Å². The SMILES string of the molecule is CCNC(C)Cc1ccc(-c2cncc(OC)c2)cc1. The molecule has 0 fully saturated rings. The average Bonchev–Trinajstić information content (AvgIpc) is 2.48. The lowest BCUT2D eigenvalue weighted by molar-refractivity contribution is 0.413. The topological polar surface area (TPSA) is 34.2 Å². The second-order valence-corrected chi connectivity index (χ2v) is 4.97. The van der Waals surface area contributed by atoms with Gasteiger partial charge in [-0.15, -0.1) is 0 Å². The molecule has 0 amide bonds. The molecule has 0 aliphatic rings. The Morgan fingerprint density at radius 1 is 1.15 bits per heavy atom. The standard InChI is InChI=1S/C17H22N2O/c1-4-19-13(2)9-14-5-7-15(8-6-14)16-10-17(20-3)12-18-11-16/h5-8,10-13,19H,4,9H2,1-3H3. The van der Waals surface area contributed by atoms with Gasteiger partial charge in [0.2, 0.25) is 0 Å². The molecule has 3 heteroatoms. The van der Waals surface area contributed by atoms with E-state index >= 15 is 0 Å². The Kier molecular flexibility index (Phi) is 5.13. The van der Waals surface area contributed by atoms with E-state index in [-0.39, 0.29) is 0 Å². The lowest BCUT2D eigenvalue weighted by Crippen LogP contribution is -2.27. The zero-order valence-electron chi connectivity index (χ0n) is 12.4. The summed E-state index contributed by atoms with van der Waals surface area (Å²) in [6.45, 7) is 5.35. The highest BCUT2D eigenvalue weighted by molar-refractivity contribution is 5.64. The van der Waals surface area contributed by atoms with E-state index in [9.17, 15) is 0 Å². The largest absolute Gasteiger partial charge is 0.495 e. The first kappa shape index (κ1) is 14.5. The van der Waals surface area contributed by atoms with Gasteiger partial charge in [0, 0.05) is 17.8 Å². The van der Waals surface area contributed by atoms with Crippen LogP contribution in [0.2, 0.25) is 0 Å². The van der Waals surface area contributed by atoms with Gasteiger partial charge in [0.25, 0.3) is 0 Å². The summed E-state index contributed by atoms with van der Waals surface area (Å²) in [5.74, 6) is 0.785. The quantitative estimate of drug-likeness (QED) is 0.874. The molecule has 106 valence electrons. The number of nitrogens with zero attached hydrogens (tertiary/aromatic N) is 1. The molecule has 20 heavy (non-hydrogen) atoms. The lowest BCUT2D eigenvalue weighted by atomic mass is 10.0. The van der Waals surface area contributed by atoms with Crippen LogP contribution < -0.4 is 10.1 Å². The highest BCUT2D eigenvalue weighted by Crippen LogP contribution is 2.23. The maximum absolute atomic E-state index is 5.21. The number of aromatic nitrogens is 1. The van der Waals surface area contributed by atoms with E-state index in [0.29, 0.717) is 6.04 Å². The molecule has 3 nitrogen and oxygen atoms in total. The van der Waals surface area contributed by atoms with Gasteiger partial charge < -0.3 is 10.1 Å². The number of hydrogen-bond acceptors (Lipinski definition) is 3. The Bertz CT molecular complexity index is 537. The molecular weight excluding hydrogens is 248 g/mol. The third-order valence-corrected chi connectivity index (χ3v) is 3.33. The van der Waals surface area contributed by atoms with Crippen molar-refractivity contribution in [3.63, 3.8) is 0 Å². The van der Waals surface area contributed by atoms with Crippen molar-refractivity contribution in [3.05, 3.63) is 48.3 Å². The molecule has 1 heterocycles. The van der Waals surface area contributed by atoms with Crippen molar-refractivity contribution in [1.29, 1.82) is 0 Å². The van der Waals surface area contributed by atoms with Crippen molar-refractivity contribution >= 4 is 0 Å². The monoisotopic (exact) mass is 270 g/mol. The van der Waals surface area contributed by atoms with E-state index in [4.69, 9.17) is 4.74 Å². The molecule has 2 aromatic rings. The smallest absolute Gasteiger partial charge is 0.137 e. The van der Waals surface area contributed by atoms with Crippen LogP contribution in [0.4, 0.5) is 0 Å². The zero-order valence-corrected chi connectivity index (χ0v) is 12.4. The Morgan fingerprint density at radius 3 is 2.55 bits per heavy atom. The van der Waals surface area contributed by atoms with Crippen LogP contribution in [0.3, 0.4) is 0 Å². The zero-order chi connectivity index (χ0) is 14.4. The van der Waals surface area contributed by atoms with Crippen molar-refractivity contribution < 1.29 is 4.74 Å². The number of rotatable bonds is 6. The minimum atomic E-state index is 0.504. The molecule has 1 aromatic carbocycles. The number of methoxy groups -OCH3 is 1. The Hall–Kier alpha value is -1.87. The second-order valence-electron chi connectivity index (χ2n) is 4.97. The van der Waals surface area contributed by atoms with Gasteiger partial charge in [0.15, 0.2) is 0 Å². The second kappa shape index (κ2) is 7.06. The molecule has 1 aromatic heterocycles. The van der Waals surface area contributed by atoms with Crippen LogP contribution in [-0.4, -0.2) is 24.7 Å². The van der Waals surface area contributed by atoms with Crippen LogP contribution in [0, 0.1) is 0 Å². The number of pyridine rings is 1. The molecule has 1 N–H and O–H groups in total. The number of nitrogens with one attached hydrogen (secondary N) is 1.